The van der Waals surface area contributed by atoms with Crippen LogP contribution in [0, 0.1) is 0 Å². The number of hydrogen-bond acceptors (Lipinski definition) is 9. The first-order valence-corrected chi connectivity index (χ1v) is 12.8. The van der Waals surface area contributed by atoms with E-state index in [0.29, 0.717) is 10.4 Å². The monoisotopic (exact) mass is 468 g/mol. The van der Waals surface area contributed by atoms with Gasteiger partial charge in [0, 0.05) is 38.0 Å². The summed E-state index contributed by atoms with van der Waals surface area (Å²) in [4.78, 5) is 22.3. The van der Waals surface area contributed by atoms with Gasteiger partial charge in [-0.1, -0.05) is 40.8 Å². The summed E-state index contributed by atoms with van der Waals surface area (Å²) in [5, 5.41) is 6.01. The number of carbonyl (C=O) groups is 1. The Kier molecular flexibility index (Phi) is 5.18. The summed E-state index contributed by atoms with van der Waals surface area (Å²) < 4.78 is 29.0. The van der Waals surface area contributed by atoms with Crippen molar-refractivity contribution in [2.24, 2.45) is 0 Å². The van der Waals surface area contributed by atoms with Crippen molar-refractivity contribution in [2.45, 2.75) is 4.90 Å². The first-order chi connectivity index (χ1) is 15.4. The maximum atomic E-state index is 12.9. The third kappa shape index (κ3) is 3.87. The number of hydrogen-bond donors (Lipinski definition) is 0. The van der Waals surface area contributed by atoms with Crippen molar-refractivity contribution in [1.82, 2.24) is 10.1 Å². The lowest BCUT2D eigenvalue weighted by molar-refractivity contribution is 0.104. The normalized spacial score (nSPS) is 14.8. The van der Waals surface area contributed by atoms with E-state index in [9.17, 15) is 13.2 Å². The number of anilines is 2. The molecule has 0 radical (unpaired) electrons. The number of sulfone groups is 1. The van der Waals surface area contributed by atoms with Gasteiger partial charge in [0.25, 0.3) is 0 Å². The molecule has 3 heterocycles. The van der Waals surface area contributed by atoms with E-state index in [1.54, 1.807) is 18.3 Å². The van der Waals surface area contributed by atoms with Crippen LogP contribution in [0.4, 0.5) is 10.9 Å². The van der Waals surface area contributed by atoms with Gasteiger partial charge < -0.3 is 14.3 Å². The Balaban J connectivity index is 1.29. The van der Waals surface area contributed by atoms with Gasteiger partial charge in [-0.05, 0) is 24.3 Å². The van der Waals surface area contributed by atoms with Gasteiger partial charge in [-0.2, -0.15) is 0 Å². The van der Waals surface area contributed by atoms with Crippen LogP contribution in [0.3, 0.4) is 0 Å². The lowest BCUT2D eigenvalue weighted by Crippen LogP contribution is -2.46. The molecule has 0 amide bonds. The minimum Gasteiger partial charge on any atom is -0.354 e. The first-order valence-electron chi connectivity index (χ1n) is 10.0. The summed E-state index contributed by atoms with van der Waals surface area (Å²) in [6.45, 7) is 3.00. The molecule has 5 rings (SSSR count). The molecule has 32 heavy (non-hydrogen) atoms. The van der Waals surface area contributed by atoms with Crippen molar-refractivity contribution in [3.05, 3.63) is 65.2 Å². The van der Waals surface area contributed by atoms with Gasteiger partial charge in [0.2, 0.25) is 5.78 Å². The molecule has 10 heteroatoms. The Labute approximate surface area is 189 Å². The number of piperazine rings is 1. The molecule has 1 saturated heterocycles. The highest BCUT2D eigenvalue weighted by Gasteiger charge is 2.24. The standard InChI is InChI=1S/C22H20N4O4S2/c1-32(28,29)16-6-4-5-15(13-16)20(27)19-14-23-22(31-19)26-11-9-25(10-12-26)21-17-7-2-3-8-18(17)30-24-21/h2-8,13-14H,9-12H2,1H3. The number of aromatic nitrogens is 2. The van der Waals surface area contributed by atoms with E-state index >= 15 is 0 Å². The molecule has 0 bridgehead atoms. The fourth-order valence-electron chi connectivity index (χ4n) is 3.74. The quantitative estimate of drug-likeness (QED) is 0.412. The minimum atomic E-state index is -3.38. The molecule has 1 fully saturated rings. The molecular formula is C22H20N4O4S2. The summed E-state index contributed by atoms with van der Waals surface area (Å²) in [7, 11) is -3.38. The molecule has 2 aromatic heterocycles. The summed E-state index contributed by atoms with van der Waals surface area (Å²) in [6.07, 6.45) is 2.69. The molecule has 0 spiro atoms. The third-order valence-corrected chi connectivity index (χ3v) is 7.62. The molecule has 4 aromatic rings. The van der Waals surface area contributed by atoms with Gasteiger partial charge in [0.15, 0.2) is 26.4 Å². The van der Waals surface area contributed by atoms with E-state index in [-0.39, 0.29) is 10.7 Å². The molecule has 164 valence electrons. The van der Waals surface area contributed by atoms with E-state index in [1.807, 2.05) is 24.3 Å². The number of nitrogens with zero attached hydrogens (tertiary/aromatic N) is 4. The summed E-state index contributed by atoms with van der Waals surface area (Å²) in [6, 6.07) is 13.9. The predicted molar refractivity (Wildman–Crippen MR) is 124 cm³/mol. The predicted octanol–water partition coefficient (Wildman–Crippen LogP) is 3.25. The first kappa shape index (κ1) is 20.7. The smallest absolute Gasteiger partial charge is 0.204 e. The van der Waals surface area contributed by atoms with Crippen LogP contribution in [0.1, 0.15) is 15.2 Å². The highest BCUT2D eigenvalue weighted by atomic mass is 32.2. The number of rotatable bonds is 5. The highest BCUT2D eigenvalue weighted by Crippen LogP contribution is 2.29. The van der Waals surface area contributed by atoms with Crippen molar-refractivity contribution in [3.8, 4) is 0 Å². The fourth-order valence-corrected chi connectivity index (χ4v) is 5.33. The Hall–Kier alpha value is -3.24. The average Bonchev–Trinajstić information content (AvgIpc) is 3.46. The topological polar surface area (TPSA) is 96.6 Å². The van der Waals surface area contributed by atoms with Gasteiger partial charge in [-0.25, -0.2) is 13.4 Å². The molecule has 8 nitrogen and oxygen atoms in total. The van der Waals surface area contributed by atoms with Crippen molar-refractivity contribution in [3.63, 3.8) is 0 Å². The number of carbonyl (C=O) groups excluding carboxylic acids is 1. The fraction of sp³-hybridized carbons (Fsp3) is 0.227. The van der Waals surface area contributed by atoms with Gasteiger partial charge in [-0.15, -0.1) is 0 Å². The second-order valence-corrected chi connectivity index (χ2v) is 10.6. The Morgan fingerprint density at radius 1 is 1.03 bits per heavy atom. The molecule has 0 atom stereocenters. The molecule has 2 aromatic carbocycles. The number of benzene rings is 2. The van der Waals surface area contributed by atoms with Crippen LogP contribution in [0.5, 0.6) is 0 Å². The van der Waals surface area contributed by atoms with Gasteiger partial charge in [0.1, 0.15) is 0 Å². The van der Waals surface area contributed by atoms with Crippen molar-refractivity contribution < 1.29 is 17.7 Å². The van der Waals surface area contributed by atoms with Crippen LogP contribution in [-0.2, 0) is 9.84 Å². The molecular weight excluding hydrogens is 448 g/mol. The Bertz CT molecular complexity index is 1400. The zero-order chi connectivity index (χ0) is 22.3. The van der Waals surface area contributed by atoms with Crippen molar-refractivity contribution >= 4 is 48.9 Å². The van der Waals surface area contributed by atoms with Gasteiger partial charge in [-0.3, -0.25) is 4.79 Å². The van der Waals surface area contributed by atoms with Gasteiger partial charge in [0.05, 0.1) is 21.4 Å². The zero-order valence-corrected chi connectivity index (χ0v) is 18.9. The van der Waals surface area contributed by atoms with Crippen LogP contribution >= 0.6 is 11.3 Å². The summed E-state index contributed by atoms with van der Waals surface area (Å²) in [5.74, 6) is 0.618. The SMILES string of the molecule is CS(=O)(=O)c1cccc(C(=O)c2cnc(N3CCN(c4noc5ccccc45)CC3)s2)c1. The van der Waals surface area contributed by atoms with E-state index in [2.05, 4.69) is 19.9 Å². The second-order valence-electron chi connectivity index (χ2n) is 7.61. The average molecular weight is 469 g/mol. The number of fused-ring (bicyclic) bond motifs is 1. The molecule has 0 saturated carbocycles. The molecule has 1 aliphatic rings. The van der Waals surface area contributed by atoms with E-state index in [1.165, 1.54) is 23.5 Å². The maximum Gasteiger partial charge on any atom is 0.204 e. The lowest BCUT2D eigenvalue weighted by Gasteiger charge is -2.34. The number of thiazole rings is 1. The Morgan fingerprint density at radius 2 is 1.78 bits per heavy atom. The largest absolute Gasteiger partial charge is 0.354 e. The molecule has 0 unspecified atom stereocenters. The third-order valence-electron chi connectivity index (χ3n) is 5.45. The second kappa shape index (κ2) is 8.03. The van der Waals surface area contributed by atoms with E-state index < -0.39 is 9.84 Å². The van der Waals surface area contributed by atoms with Crippen LogP contribution in [0.25, 0.3) is 11.0 Å². The lowest BCUT2D eigenvalue weighted by atomic mass is 10.1. The minimum absolute atomic E-state index is 0.129. The Morgan fingerprint density at radius 3 is 2.56 bits per heavy atom. The molecule has 0 N–H and O–H groups in total. The van der Waals surface area contributed by atoms with E-state index in [0.717, 1.165) is 54.4 Å². The van der Waals surface area contributed by atoms with Crippen molar-refractivity contribution in [2.75, 3.05) is 42.2 Å². The van der Waals surface area contributed by atoms with E-state index in [4.69, 9.17) is 4.52 Å². The summed E-state index contributed by atoms with van der Waals surface area (Å²) >= 11 is 1.32. The maximum absolute atomic E-state index is 12.9. The number of para-hydroxylation sites is 1. The van der Waals surface area contributed by atoms with Crippen LogP contribution in [0.15, 0.2) is 64.1 Å². The van der Waals surface area contributed by atoms with Crippen molar-refractivity contribution in [1.29, 1.82) is 0 Å². The molecule has 0 aliphatic carbocycles. The molecule has 1 aliphatic heterocycles. The van der Waals surface area contributed by atoms with Crippen LogP contribution < -0.4 is 9.80 Å². The van der Waals surface area contributed by atoms with Gasteiger partial charge >= 0.3 is 0 Å². The zero-order valence-electron chi connectivity index (χ0n) is 17.3. The van der Waals surface area contributed by atoms with Crippen LogP contribution in [0.2, 0.25) is 0 Å². The summed E-state index contributed by atoms with van der Waals surface area (Å²) in [5.41, 5.74) is 1.11. The number of ketones is 1. The highest BCUT2D eigenvalue weighted by molar-refractivity contribution is 7.90. The van der Waals surface area contributed by atoms with Crippen LogP contribution in [-0.4, -0.2) is 56.8 Å².